The van der Waals surface area contributed by atoms with Crippen LogP contribution in [0.15, 0.2) is 30.4 Å². The van der Waals surface area contributed by atoms with Crippen LogP contribution in [0.5, 0.6) is 0 Å². The minimum atomic E-state index is -0.0312. The first-order valence-corrected chi connectivity index (χ1v) is 12.7. The molecule has 4 aliphatic rings. The number of fused-ring (bicyclic) bond motifs is 5. The molecule has 32 heavy (non-hydrogen) atoms. The average Bonchev–Trinajstić information content (AvgIpc) is 3.27. The topological polar surface area (TPSA) is 54.1 Å². The zero-order valence-electron chi connectivity index (χ0n) is 19.5. The van der Waals surface area contributed by atoms with Crippen LogP contribution in [0.25, 0.3) is 10.9 Å². The molecule has 0 unspecified atom stereocenters. The number of H-pyrrole nitrogens is 1. The van der Waals surface area contributed by atoms with Crippen LogP contribution in [-0.2, 0) is 16.0 Å². The largest absolute Gasteiger partial charge is 0.462 e. The van der Waals surface area contributed by atoms with Gasteiger partial charge in [0.15, 0.2) is 0 Å². The first-order valence-electron chi connectivity index (χ1n) is 12.7. The van der Waals surface area contributed by atoms with E-state index >= 15 is 0 Å². The molecule has 3 fully saturated rings. The predicted octanol–water partition coefficient (Wildman–Crippen LogP) is 5.76. The molecule has 1 aromatic heterocycles. The first kappa shape index (κ1) is 20.5. The fourth-order valence-electron chi connectivity index (χ4n) is 7.54. The second-order valence-electron chi connectivity index (χ2n) is 11.3. The number of hydrogen-bond acceptors (Lipinski definition) is 3. The number of ether oxygens (including phenoxy) is 1. The van der Waals surface area contributed by atoms with Crippen LogP contribution in [0.3, 0.4) is 0 Å². The lowest BCUT2D eigenvalue weighted by atomic mass is 9.55. The quantitative estimate of drug-likeness (QED) is 0.479. The number of aryl methyl sites for hydroxylation is 2. The van der Waals surface area contributed by atoms with Crippen LogP contribution in [0, 0.1) is 30.1 Å². The van der Waals surface area contributed by atoms with Crippen molar-refractivity contribution in [1.29, 1.82) is 0 Å². The maximum absolute atomic E-state index is 12.9. The molecule has 2 saturated carbocycles. The highest BCUT2D eigenvalue weighted by molar-refractivity contribution is 5.85. The number of aromatic amines is 1. The molecule has 2 aromatic rings. The van der Waals surface area contributed by atoms with Gasteiger partial charge >= 0.3 is 5.97 Å². The summed E-state index contributed by atoms with van der Waals surface area (Å²) in [4.78, 5) is 16.6. The number of benzene rings is 1. The lowest BCUT2D eigenvalue weighted by molar-refractivity contribution is -0.146. The van der Waals surface area contributed by atoms with E-state index in [1.807, 2.05) is 0 Å². The van der Waals surface area contributed by atoms with Gasteiger partial charge in [0.05, 0.1) is 5.92 Å². The third kappa shape index (κ3) is 3.17. The van der Waals surface area contributed by atoms with E-state index in [1.165, 1.54) is 52.6 Å². The molecular weight excluding hydrogens is 396 g/mol. The lowest BCUT2D eigenvalue weighted by Crippen LogP contribution is -2.45. The van der Waals surface area contributed by atoms with Gasteiger partial charge in [-0.25, -0.2) is 0 Å². The van der Waals surface area contributed by atoms with Gasteiger partial charge in [0, 0.05) is 35.1 Å². The second-order valence-corrected chi connectivity index (χ2v) is 11.3. The van der Waals surface area contributed by atoms with E-state index in [0.29, 0.717) is 18.4 Å². The Morgan fingerprint density at radius 2 is 2.16 bits per heavy atom. The smallest absolute Gasteiger partial charge is 0.310 e. The second kappa shape index (κ2) is 7.48. The molecular formula is C28H36N2O2. The van der Waals surface area contributed by atoms with Gasteiger partial charge in [0.2, 0.25) is 0 Å². The zero-order chi connectivity index (χ0) is 22.0. The van der Waals surface area contributed by atoms with Crippen molar-refractivity contribution < 1.29 is 9.53 Å². The highest BCUT2D eigenvalue weighted by Crippen LogP contribution is 2.56. The van der Waals surface area contributed by atoms with E-state index in [-0.39, 0.29) is 29.4 Å². The fraction of sp³-hybridized carbons (Fsp3) is 0.607. The van der Waals surface area contributed by atoms with Gasteiger partial charge in [-0.2, -0.15) is 0 Å². The summed E-state index contributed by atoms with van der Waals surface area (Å²) in [6.07, 6.45) is 9.24. The summed E-state index contributed by atoms with van der Waals surface area (Å²) in [7, 11) is 0. The SMILES string of the molecule is C=C1CCC[C@]2(C)C[C@H]3OC(=O)[C@H](CN[C@@H]4CCCc5c4[nH]c4ccc(C)cc54)[C@H]3C[C@@H]12. The number of esters is 1. The Balaban J connectivity index is 1.21. The molecule has 3 aliphatic carbocycles. The molecule has 0 spiro atoms. The summed E-state index contributed by atoms with van der Waals surface area (Å²) in [5, 5.41) is 5.17. The summed E-state index contributed by atoms with van der Waals surface area (Å²) in [5.41, 5.74) is 7.01. The zero-order valence-corrected chi connectivity index (χ0v) is 19.5. The van der Waals surface area contributed by atoms with E-state index in [2.05, 4.69) is 48.9 Å². The van der Waals surface area contributed by atoms with E-state index in [0.717, 1.165) is 32.1 Å². The number of nitrogens with one attached hydrogen (secondary N) is 2. The standard InChI is InChI=1S/C28H36N2O2/c1-16-9-10-23-19(12-16)18-7-4-8-24(26(18)30-23)29-15-21-20-13-22-17(2)6-5-11-28(22,3)14-25(20)32-27(21)31/h9-10,12,20-22,24-25,29-30H,2,4-8,11,13-15H2,1,3H3/t20-,21-,22+,24-,25-,28-/m1/s1. The first-order chi connectivity index (χ1) is 15.4. The maximum atomic E-state index is 12.9. The van der Waals surface area contributed by atoms with Crippen LogP contribution in [0.2, 0.25) is 0 Å². The van der Waals surface area contributed by atoms with Gasteiger partial charge < -0.3 is 15.0 Å². The van der Waals surface area contributed by atoms with Crippen LogP contribution in [0.1, 0.15) is 74.7 Å². The normalized spacial score (nSPS) is 36.5. The maximum Gasteiger partial charge on any atom is 0.310 e. The van der Waals surface area contributed by atoms with Crippen molar-refractivity contribution in [3.63, 3.8) is 0 Å². The summed E-state index contributed by atoms with van der Waals surface area (Å²) in [6.45, 7) is 9.71. The molecule has 0 amide bonds. The van der Waals surface area contributed by atoms with E-state index in [9.17, 15) is 4.79 Å². The summed E-state index contributed by atoms with van der Waals surface area (Å²) >= 11 is 0. The average molecular weight is 433 g/mol. The Morgan fingerprint density at radius 3 is 3.03 bits per heavy atom. The Morgan fingerprint density at radius 1 is 1.28 bits per heavy atom. The van der Waals surface area contributed by atoms with Crippen LogP contribution in [0.4, 0.5) is 0 Å². The molecule has 0 bridgehead atoms. The number of rotatable bonds is 3. The van der Waals surface area contributed by atoms with Crippen LogP contribution < -0.4 is 5.32 Å². The summed E-state index contributed by atoms with van der Waals surface area (Å²) < 4.78 is 5.98. The Kier molecular flexibility index (Phi) is 4.80. The molecule has 0 radical (unpaired) electrons. The summed E-state index contributed by atoms with van der Waals surface area (Å²) in [6, 6.07) is 6.98. The molecule has 1 saturated heterocycles. The van der Waals surface area contributed by atoms with Crippen molar-refractivity contribution in [2.45, 2.75) is 77.4 Å². The van der Waals surface area contributed by atoms with Gasteiger partial charge in [0.25, 0.3) is 0 Å². The van der Waals surface area contributed by atoms with Crippen molar-refractivity contribution in [1.82, 2.24) is 10.3 Å². The van der Waals surface area contributed by atoms with Crippen molar-refractivity contribution >= 4 is 16.9 Å². The van der Waals surface area contributed by atoms with Gasteiger partial charge in [-0.05, 0) is 87.3 Å². The molecule has 170 valence electrons. The molecule has 4 nitrogen and oxygen atoms in total. The number of aromatic nitrogens is 1. The van der Waals surface area contributed by atoms with Crippen molar-refractivity contribution in [3.8, 4) is 0 Å². The molecule has 2 N–H and O–H groups in total. The highest BCUT2D eigenvalue weighted by atomic mass is 16.6. The predicted molar refractivity (Wildman–Crippen MR) is 127 cm³/mol. The van der Waals surface area contributed by atoms with E-state index in [1.54, 1.807) is 0 Å². The van der Waals surface area contributed by atoms with Gasteiger partial charge in [-0.15, -0.1) is 0 Å². The molecule has 6 atom stereocenters. The number of carbonyl (C=O) groups is 1. The molecule has 6 rings (SSSR count). The molecule has 1 aromatic carbocycles. The lowest BCUT2D eigenvalue weighted by Gasteiger charge is -2.50. The van der Waals surface area contributed by atoms with Crippen LogP contribution >= 0.6 is 0 Å². The Labute approximate surface area is 191 Å². The van der Waals surface area contributed by atoms with Crippen LogP contribution in [-0.4, -0.2) is 23.6 Å². The third-order valence-corrected chi connectivity index (χ3v) is 9.27. The monoisotopic (exact) mass is 432 g/mol. The van der Waals surface area contributed by atoms with Gasteiger partial charge in [0.1, 0.15) is 6.10 Å². The summed E-state index contributed by atoms with van der Waals surface area (Å²) in [5.74, 6) is 0.865. The minimum Gasteiger partial charge on any atom is -0.462 e. The Hall–Kier alpha value is -2.07. The number of carbonyl (C=O) groups excluding carboxylic acids is 1. The number of hydrogen-bond donors (Lipinski definition) is 2. The number of allylic oxidation sites excluding steroid dienone is 1. The van der Waals surface area contributed by atoms with Crippen molar-refractivity contribution in [3.05, 3.63) is 47.2 Å². The van der Waals surface area contributed by atoms with Crippen molar-refractivity contribution in [2.75, 3.05) is 6.54 Å². The highest BCUT2D eigenvalue weighted by Gasteiger charge is 2.55. The molecule has 1 aliphatic heterocycles. The molecule has 2 heterocycles. The van der Waals surface area contributed by atoms with Gasteiger partial charge in [-0.3, -0.25) is 4.79 Å². The molecule has 4 heteroatoms. The van der Waals surface area contributed by atoms with Gasteiger partial charge in [-0.1, -0.05) is 30.7 Å². The van der Waals surface area contributed by atoms with E-state index in [4.69, 9.17) is 4.74 Å². The minimum absolute atomic E-state index is 0.0173. The van der Waals surface area contributed by atoms with Crippen molar-refractivity contribution in [2.24, 2.45) is 23.2 Å². The Bertz CT molecular complexity index is 1080. The van der Waals surface area contributed by atoms with E-state index < -0.39 is 0 Å². The fourth-order valence-corrected chi connectivity index (χ4v) is 7.54. The third-order valence-electron chi connectivity index (χ3n) is 9.27.